The highest BCUT2D eigenvalue weighted by molar-refractivity contribution is 5.73. The zero-order chi connectivity index (χ0) is 22.3. The first-order chi connectivity index (χ1) is 13.6. The molecule has 0 saturated carbocycles. The number of carbonyl (C=O) groups is 2. The molecule has 0 aromatic rings. The van der Waals surface area contributed by atoms with Crippen LogP contribution in [0.4, 0.5) is 0 Å². The molecular formula is C16H29NO12. The Morgan fingerprint density at radius 2 is 1.79 bits per heavy atom. The minimum absolute atomic E-state index is 0.542. The number of carboxylic acid groups (broad SMARTS) is 1. The first-order valence-corrected chi connectivity index (χ1v) is 8.75. The first kappa shape index (κ1) is 25.6. The second-order valence-electron chi connectivity index (χ2n) is 6.52. The van der Waals surface area contributed by atoms with Gasteiger partial charge in [0.25, 0.3) is 0 Å². The van der Waals surface area contributed by atoms with Gasteiger partial charge in [0.15, 0.2) is 12.6 Å². The summed E-state index contributed by atoms with van der Waals surface area (Å²) in [6.07, 6.45) is -13.4. The summed E-state index contributed by atoms with van der Waals surface area (Å²) in [6, 6.07) is -1.15. The monoisotopic (exact) mass is 427 g/mol. The summed E-state index contributed by atoms with van der Waals surface area (Å²) in [7, 11) is 2.35. The quantitative estimate of drug-likeness (QED) is 0.158. The van der Waals surface area contributed by atoms with Crippen LogP contribution in [0.25, 0.3) is 0 Å². The van der Waals surface area contributed by atoms with E-state index in [0.717, 1.165) is 7.11 Å². The Morgan fingerprint density at radius 3 is 2.24 bits per heavy atom. The molecule has 29 heavy (non-hydrogen) atoms. The maximum absolute atomic E-state index is 11.5. The Bertz CT molecular complexity index is 534. The van der Waals surface area contributed by atoms with E-state index in [1.165, 1.54) is 14.0 Å². The maximum atomic E-state index is 11.5. The number of rotatable bonds is 11. The van der Waals surface area contributed by atoms with E-state index in [4.69, 9.17) is 24.1 Å². The summed E-state index contributed by atoms with van der Waals surface area (Å²) in [5, 5.41) is 61.5. The van der Waals surface area contributed by atoms with Gasteiger partial charge in [-0.25, -0.2) is 0 Å². The molecule has 13 heteroatoms. The van der Waals surface area contributed by atoms with Crippen molar-refractivity contribution in [3.05, 3.63) is 0 Å². The van der Waals surface area contributed by atoms with Gasteiger partial charge >= 0.3 is 5.97 Å². The van der Waals surface area contributed by atoms with Gasteiger partial charge in [0, 0.05) is 21.1 Å². The molecule has 0 aromatic carbocycles. The standard InChI is InChI=1S/C16H29NO12/c1-6(19)17-10-14(12(23)8(5-18)28-16(10)27-3)29-15(25)13(24)11(22)7(26-2)4-9(20)21/h7-8,10-16,18,22-25H,4-5H2,1-3H3,(H,17,19)(H,20,21)/t7-,8?,10?,11?,12-,13+,14-,15+,16-/m1/s1. The van der Waals surface area contributed by atoms with Crippen LogP contribution in [0.1, 0.15) is 13.3 Å². The van der Waals surface area contributed by atoms with Crippen LogP contribution in [0, 0.1) is 0 Å². The van der Waals surface area contributed by atoms with Crippen molar-refractivity contribution in [1.82, 2.24) is 5.32 Å². The molecule has 13 nitrogen and oxygen atoms in total. The van der Waals surface area contributed by atoms with Gasteiger partial charge in [-0.1, -0.05) is 0 Å². The summed E-state index contributed by atoms with van der Waals surface area (Å²) >= 11 is 0. The summed E-state index contributed by atoms with van der Waals surface area (Å²) in [6.45, 7) is 0.539. The molecular weight excluding hydrogens is 398 g/mol. The second-order valence-corrected chi connectivity index (χ2v) is 6.52. The largest absolute Gasteiger partial charge is 0.481 e. The maximum Gasteiger partial charge on any atom is 0.306 e. The third kappa shape index (κ3) is 6.80. The van der Waals surface area contributed by atoms with Gasteiger partial charge in [0.2, 0.25) is 5.91 Å². The summed E-state index contributed by atoms with van der Waals surface area (Å²) in [5.41, 5.74) is 0. The molecule has 0 bridgehead atoms. The fraction of sp³-hybridized carbons (Fsp3) is 0.875. The van der Waals surface area contributed by atoms with E-state index < -0.39 is 80.1 Å². The minimum Gasteiger partial charge on any atom is -0.481 e. The van der Waals surface area contributed by atoms with E-state index in [0.29, 0.717) is 0 Å². The van der Waals surface area contributed by atoms with E-state index in [1.54, 1.807) is 0 Å². The molecule has 1 fully saturated rings. The van der Waals surface area contributed by atoms with Gasteiger partial charge < -0.3 is 54.9 Å². The van der Waals surface area contributed by atoms with Crippen molar-refractivity contribution >= 4 is 11.9 Å². The Hall–Kier alpha value is -1.42. The van der Waals surface area contributed by atoms with Gasteiger partial charge in [-0.05, 0) is 0 Å². The lowest BCUT2D eigenvalue weighted by molar-refractivity contribution is -0.304. The van der Waals surface area contributed by atoms with Crippen LogP contribution in [0.3, 0.4) is 0 Å². The molecule has 0 spiro atoms. The van der Waals surface area contributed by atoms with Crippen LogP contribution >= 0.6 is 0 Å². The molecule has 1 heterocycles. The Balaban J connectivity index is 3.00. The topological polar surface area (TPSA) is 204 Å². The minimum atomic E-state index is -2.12. The SMILES string of the molecule is CO[C@@H]1OC(CO)[C@@H](O)[C@H](O[C@H](O)[C@@H](O)C(O)[C@@H](CC(=O)O)OC)C1NC(C)=O. The average Bonchev–Trinajstić information content (AvgIpc) is 2.67. The lowest BCUT2D eigenvalue weighted by Gasteiger charge is -2.44. The van der Waals surface area contributed by atoms with Crippen molar-refractivity contribution in [3.8, 4) is 0 Å². The smallest absolute Gasteiger partial charge is 0.306 e. The number of aliphatic hydroxyl groups is 5. The van der Waals surface area contributed by atoms with E-state index >= 15 is 0 Å². The van der Waals surface area contributed by atoms with Crippen LogP contribution in [0.5, 0.6) is 0 Å². The molecule has 1 amide bonds. The third-order valence-electron chi connectivity index (χ3n) is 4.45. The lowest BCUT2D eigenvalue weighted by atomic mass is 9.96. The highest BCUT2D eigenvalue weighted by Crippen LogP contribution is 2.26. The van der Waals surface area contributed by atoms with Crippen LogP contribution in [0.2, 0.25) is 0 Å². The fourth-order valence-electron chi connectivity index (χ4n) is 2.97. The molecule has 170 valence electrons. The van der Waals surface area contributed by atoms with E-state index in [2.05, 4.69) is 5.32 Å². The predicted octanol–water partition coefficient (Wildman–Crippen LogP) is -3.87. The fourth-order valence-corrected chi connectivity index (χ4v) is 2.97. The number of aliphatic hydroxyl groups excluding tert-OH is 5. The molecule has 7 N–H and O–H groups in total. The number of hydrogen-bond donors (Lipinski definition) is 7. The second kappa shape index (κ2) is 11.7. The van der Waals surface area contributed by atoms with Crippen LogP contribution in [0.15, 0.2) is 0 Å². The number of hydrogen-bond acceptors (Lipinski definition) is 11. The number of ether oxygens (including phenoxy) is 4. The molecule has 0 aliphatic carbocycles. The summed E-state index contributed by atoms with van der Waals surface area (Å²) in [5.74, 6) is -1.85. The number of amides is 1. The molecule has 0 radical (unpaired) electrons. The van der Waals surface area contributed by atoms with E-state index in [9.17, 15) is 35.1 Å². The Kier molecular flexibility index (Phi) is 10.3. The number of carboxylic acids is 1. The lowest BCUT2D eigenvalue weighted by Crippen LogP contribution is -2.66. The van der Waals surface area contributed by atoms with Crippen LogP contribution in [-0.4, -0.2) is 119 Å². The summed E-state index contributed by atoms with van der Waals surface area (Å²) < 4.78 is 20.5. The van der Waals surface area contributed by atoms with Gasteiger partial charge in [0.1, 0.15) is 36.6 Å². The Morgan fingerprint density at radius 1 is 1.17 bits per heavy atom. The number of carbonyl (C=O) groups excluding carboxylic acids is 1. The predicted molar refractivity (Wildman–Crippen MR) is 92.3 cm³/mol. The summed E-state index contributed by atoms with van der Waals surface area (Å²) in [4.78, 5) is 22.3. The van der Waals surface area contributed by atoms with Crippen LogP contribution < -0.4 is 5.32 Å². The molecule has 1 aliphatic rings. The van der Waals surface area contributed by atoms with Crippen molar-refractivity contribution in [2.45, 2.75) is 68.6 Å². The van der Waals surface area contributed by atoms with Gasteiger partial charge in [-0.3, -0.25) is 9.59 Å². The number of methoxy groups -OCH3 is 2. The number of nitrogens with one attached hydrogen (secondary N) is 1. The molecule has 9 atom stereocenters. The molecule has 1 aliphatic heterocycles. The van der Waals surface area contributed by atoms with Gasteiger partial charge in [-0.2, -0.15) is 0 Å². The molecule has 0 aromatic heterocycles. The molecule has 3 unspecified atom stereocenters. The molecule has 1 rings (SSSR count). The van der Waals surface area contributed by atoms with E-state index in [1.807, 2.05) is 0 Å². The third-order valence-corrected chi connectivity index (χ3v) is 4.45. The van der Waals surface area contributed by atoms with Crippen molar-refractivity contribution in [2.24, 2.45) is 0 Å². The average molecular weight is 427 g/mol. The van der Waals surface area contributed by atoms with Crippen LogP contribution in [-0.2, 0) is 28.5 Å². The normalized spacial score (nSPS) is 31.5. The van der Waals surface area contributed by atoms with Crippen molar-refractivity contribution in [3.63, 3.8) is 0 Å². The van der Waals surface area contributed by atoms with Crippen molar-refractivity contribution in [2.75, 3.05) is 20.8 Å². The zero-order valence-corrected chi connectivity index (χ0v) is 16.2. The van der Waals surface area contributed by atoms with Gasteiger partial charge in [-0.15, -0.1) is 0 Å². The first-order valence-electron chi connectivity index (χ1n) is 8.75. The van der Waals surface area contributed by atoms with Gasteiger partial charge in [0.05, 0.1) is 19.1 Å². The van der Waals surface area contributed by atoms with Crippen molar-refractivity contribution < 1.29 is 59.2 Å². The van der Waals surface area contributed by atoms with E-state index in [-0.39, 0.29) is 0 Å². The highest BCUT2D eigenvalue weighted by atomic mass is 16.7. The molecule has 1 saturated heterocycles. The number of aliphatic carboxylic acids is 1. The zero-order valence-electron chi connectivity index (χ0n) is 16.2. The Labute approximate surface area is 166 Å². The van der Waals surface area contributed by atoms with Crippen molar-refractivity contribution in [1.29, 1.82) is 0 Å². The highest BCUT2D eigenvalue weighted by Gasteiger charge is 2.48.